The predicted octanol–water partition coefficient (Wildman–Crippen LogP) is 14.5. The highest BCUT2D eigenvalue weighted by molar-refractivity contribution is 9.10. The Balaban J connectivity index is 0.000000209. The molecule has 9 rings (SSSR count). The van der Waals surface area contributed by atoms with Crippen LogP contribution in [0.15, 0.2) is 144 Å². The molecule has 0 aliphatic rings. The summed E-state index contributed by atoms with van der Waals surface area (Å²) < 4.78 is 33.5. The van der Waals surface area contributed by atoms with Crippen molar-refractivity contribution in [2.45, 2.75) is 24.9 Å². The number of fused-ring (bicyclic) bond motifs is 2. The Morgan fingerprint density at radius 2 is 1.00 bits per heavy atom. The summed E-state index contributed by atoms with van der Waals surface area (Å²) in [6, 6.07) is 33.7. The van der Waals surface area contributed by atoms with Crippen LogP contribution in [0.4, 0.5) is 8.78 Å². The lowest BCUT2D eigenvalue weighted by molar-refractivity contribution is -0.143. The summed E-state index contributed by atoms with van der Waals surface area (Å²) >= 11 is 56.2. The topological polar surface area (TPSA) is 253 Å². The minimum atomic E-state index is -1.59. The average molecular weight is 1430 g/mol. The van der Waals surface area contributed by atoms with E-state index in [-0.39, 0.29) is 70.2 Å². The lowest BCUT2D eigenvalue weighted by atomic mass is 9.80. The second-order valence-electron chi connectivity index (χ2n) is 18.0. The number of ether oxygens (including phenoxy) is 1. The fourth-order valence-corrected chi connectivity index (χ4v) is 11.2. The molecule has 0 saturated heterocycles. The third-order valence-electron chi connectivity index (χ3n) is 12.3. The summed E-state index contributed by atoms with van der Waals surface area (Å²) in [4.78, 5) is 68.8. The van der Waals surface area contributed by atoms with Crippen LogP contribution in [0.25, 0.3) is 32.9 Å². The van der Waals surface area contributed by atoms with Gasteiger partial charge in [-0.1, -0.05) is 141 Å². The number of nitrogens with zero attached hydrogens (tertiary/aromatic N) is 4. The zero-order valence-corrected chi connectivity index (χ0v) is 52.9. The van der Waals surface area contributed by atoms with Crippen molar-refractivity contribution in [2.75, 3.05) is 7.11 Å². The molecule has 9 aromatic rings. The van der Waals surface area contributed by atoms with Crippen molar-refractivity contribution in [3.8, 4) is 23.3 Å². The quantitative estimate of drug-likeness (QED) is 0.0410. The molecule has 0 unspecified atom stereocenters. The SMILES string of the molecule is COC(=O)[C@H](Cc1ccc(Br)c2ncc(F)cc12)NC(=O)c1c(Cl)cccc1Cl.N#Cc1ccc(-c2ccc(C[C@H](NC(=O)c3c(Cl)cccc3Cl)C(=O)O)c3cc(F)cnc23)c(Cl)c1.N#Cc1ccc(B(O)O)c(Cl)c1.O=C(Cl)c1c(Cl)cccc1Cl. The highest BCUT2D eigenvalue weighted by Gasteiger charge is 2.28. The first-order chi connectivity index (χ1) is 41.8. The van der Waals surface area contributed by atoms with Gasteiger partial charge in [0.2, 0.25) is 0 Å². The number of rotatable bonds is 13. The van der Waals surface area contributed by atoms with Crippen LogP contribution in [0.2, 0.25) is 40.2 Å². The smallest absolute Gasteiger partial charge is 0.480 e. The van der Waals surface area contributed by atoms with Gasteiger partial charge in [-0.2, -0.15) is 10.5 Å². The molecule has 88 heavy (non-hydrogen) atoms. The Labute approximate surface area is 553 Å². The molecule has 5 N–H and O–H groups in total. The second kappa shape index (κ2) is 32.3. The molecule has 2 amide bonds. The maximum Gasteiger partial charge on any atom is 0.489 e. The van der Waals surface area contributed by atoms with Crippen LogP contribution in [0, 0.1) is 34.3 Å². The van der Waals surface area contributed by atoms with Gasteiger partial charge in [-0.25, -0.2) is 18.4 Å². The van der Waals surface area contributed by atoms with E-state index < -0.39 is 59.8 Å². The maximum atomic E-state index is 14.2. The van der Waals surface area contributed by atoms with Crippen molar-refractivity contribution >= 4 is 184 Å². The Bertz CT molecular complexity index is 4220. The summed E-state index contributed by atoms with van der Waals surface area (Å²) in [5, 5.41) is 51.6. The largest absolute Gasteiger partial charge is 0.489 e. The third-order valence-corrected chi connectivity index (χ3v) is 15.7. The van der Waals surface area contributed by atoms with Gasteiger partial charge in [0.25, 0.3) is 17.1 Å². The minimum Gasteiger partial charge on any atom is -0.480 e. The first kappa shape index (κ1) is 69.9. The zero-order valence-electron chi connectivity index (χ0n) is 44.5. The van der Waals surface area contributed by atoms with Crippen LogP contribution >= 0.6 is 120 Å². The monoisotopic (exact) mass is 1430 g/mol. The molecule has 2 heterocycles. The number of carboxylic acids is 1. The van der Waals surface area contributed by atoms with E-state index in [1.807, 2.05) is 12.1 Å². The van der Waals surface area contributed by atoms with Crippen LogP contribution < -0.4 is 16.1 Å². The summed E-state index contributed by atoms with van der Waals surface area (Å²) in [6.45, 7) is 0. The number of pyridine rings is 2. The van der Waals surface area contributed by atoms with E-state index in [0.29, 0.717) is 64.7 Å². The van der Waals surface area contributed by atoms with Gasteiger partial charge in [0.15, 0.2) is 0 Å². The molecule has 0 saturated carbocycles. The van der Waals surface area contributed by atoms with Crippen LogP contribution in [-0.4, -0.2) is 80.4 Å². The Morgan fingerprint density at radius 1 is 0.580 bits per heavy atom. The molecule has 2 aromatic heterocycles. The molecule has 448 valence electrons. The van der Waals surface area contributed by atoms with E-state index in [4.69, 9.17) is 130 Å². The number of carboxylic acid groups (broad SMARTS) is 1. The number of aromatic nitrogens is 2. The van der Waals surface area contributed by atoms with E-state index in [1.54, 1.807) is 66.7 Å². The maximum absolute atomic E-state index is 14.2. The van der Waals surface area contributed by atoms with Crippen molar-refractivity contribution in [1.29, 1.82) is 10.5 Å². The van der Waals surface area contributed by atoms with Crippen LogP contribution in [0.3, 0.4) is 0 Å². The zero-order chi connectivity index (χ0) is 64.7. The molecule has 0 fully saturated rings. The number of carbonyl (C=O) groups is 5. The minimum absolute atomic E-state index is 0.0459. The molecule has 0 spiro atoms. The summed E-state index contributed by atoms with van der Waals surface area (Å²) in [7, 11) is -0.379. The molecular formula is C60H37BBrCl9F2N6O9. The van der Waals surface area contributed by atoms with Crippen LogP contribution in [0.5, 0.6) is 0 Å². The van der Waals surface area contributed by atoms with Gasteiger partial charge < -0.3 is 30.5 Å². The molecule has 7 aromatic carbocycles. The highest BCUT2D eigenvalue weighted by Crippen LogP contribution is 2.36. The molecule has 0 aliphatic carbocycles. The number of nitriles is 2. The van der Waals surface area contributed by atoms with E-state index in [9.17, 15) is 37.9 Å². The molecular weight excluding hydrogens is 1400 g/mol. The van der Waals surface area contributed by atoms with Crippen molar-refractivity contribution < 1.29 is 52.6 Å². The number of esters is 1. The summed E-state index contributed by atoms with van der Waals surface area (Å²) in [5.41, 5.74) is 4.25. The first-order valence-corrected chi connectivity index (χ1v) is 29.0. The van der Waals surface area contributed by atoms with E-state index in [0.717, 1.165) is 12.4 Å². The first-order valence-electron chi connectivity index (χ1n) is 24.8. The normalized spacial score (nSPS) is 11.1. The van der Waals surface area contributed by atoms with Crippen molar-refractivity contribution in [1.82, 2.24) is 20.6 Å². The Morgan fingerprint density at radius 3 is 1.43 bits per heavy atom. The lowest BCUT2D eigenvalue weighted by Gasteiger charge is -2.18. The van der Waals surface area contributed by atoms with Crippen molar-refractivity contribution in [3.05, 3.63) is 235 Å². The molecule has 0 radical (unpaired) electrons. The summed E-state index contributed by atoms with van der Waals surface area (Å²) in [6.07, 6.45) is 2.03. The number of nitrogens with one attached hydrogen (secondary N) is 2. The van der Waals surface area contributed by atoms with Gasteiger partial charge in [-0.05, 0) is 118 Å². The number of amides is 2. The van der Waals surface area contributed by atoms with Gasteiger partial charge in [-0.3, -0.25) is 24.4 Å². The Kier molecular flexibility index (Phi) is 25.7. The number of aliphatic carboxylic acids is 1. The number of benzene rings is 7. The third kappa shape index (κ3) is 18.0. The standard InChI is InChI=1S/C26H15Cl3FN3O3.C20H14BrCl2FN2O3.C7H5BClNO2.C7H3Cl3O/c27-19-2-1-3-20(28)23(19)25(34)33-22(26(35)36)9-14-5-7-17(24-18(14)10-15(30)12-32-24)16-6-4-13(11-31)8-21(16)29;1-29-20(28)16(26-19(27)17-14(22)3-2-4-15(17)23)7-10-5-6-13(21)18-12(10)8-11(24)9-25-18;9-7-3-5(4-10)1-2-6(7)8(11)12;8-4-2-1-3-5(9)6(4)7(10)11/h1-8,10,12,22H,9H2,(H,33,34)(H,35,36);2-6,8-9,16H,7H2,1H3,(H,26,27);1-3,11-12H;1-3H/t22-;16-;;/m00../s1. The molecule has 15 nitrogen and oxygen atoms in total. The van der Waals surface area contributed by atoms with Crippen LogP contribution in [-0.2, 0) is 27.2 Å². The van der Waals surface area contributed by atoms with Crippen LogP contribution in [0.1, 0.15) is 53.3 Å². The number of hydrogen-bond donors (Lipinski definition) is 5. The van der Waals surface area contributed by atoms with Gasteiger partial charge in [0, 0.05) is 54.7 Å². The molecule has 28 heteroatoms. The second-order valence-corrected chi connectivity index (χ2v) is 22.4. The summed E-state index contributed by atoms with van der Waals surface area (Å²) in [5.74, 6) is -4.48. The molecule has 2 atom stereocenters. The van der Waals surface area contributed by atoms with Gasteiger partial charge in [-0.15, -0.1) is 0 Å². The van der Waals surface area contributed by atoms with E-state index in [2.05, 4.69) is 36.5 Å². The van der Waals surface area contributed by atoms with E-state index in [1.165, 1.54) is 67.8 Å². The molecule has 0 bridgehead atoms. The van der Waals surface area contributed by atoms with Crippen molar-refractivity contribution in [3.63, 3.8) is 0 Å². The van der Waals surface area contributed by atoms with Crippen molar-refractivity contribution in [2.24, 2.45) is 0 Å². The van der Waals surface area contributed by atoms with Gasteiger partial charge in [0.05, 0.1) is 101 Å². The number of methoxy groups -OCH3 is 1. The van der Waals surface area contributed by atoms with Gasteiger partial charge >= 0.3 is 19.1 Å². The van der Waals surface area contributed by atoms with Gasteiger partial charge in [0.1, 0.15) is 23.7 Å². The number of hydrogen-bond acceptors (Lipinski definition) is 12. The number of carbonyl (C=O) groups excluding carboxylic acids is 4. The lowest BCUT2D eigenvalue weighted by Crippen LogP contribution is -2.43. The van der Waals surface area contributed by atoms with E-state index >= 15 is 0 Å². The number of halogens is 12. The predicted molar refractivity (Wildman–Crippen MR) is 341 cm³/mol. The Hall–Kier alpha value is -7.18. The highest BCUT2D eigenvalue weighted by atomic mass is 79.9. The fourth-order valence-electron chi connectivity index (χ4n) is 8.20. The average Bonchev–Trinajstić information content (AvgIpc) is 1.32. The fraction of sp³-hybridized carbons (Fsp3) is 0.0833. The molecule has 0 aliphatic heterocycles.